The Balaban J connectivity index is 3.12. The van der Waals surface area contributed by atoms with Gasteiger partial charge in [-0.25, -0.2) is 0 Å². The normalized spacial score (nSPS) is 12.3. The quantitative estimate of drug-likeness (QED) is 0.870. The van der Waals surface area contributed by atoms with E-state index in [9.17, 15) is 26.7 Å². The zero-order valence-electron chi connectivity index (χ0n) is 8.39. The van der Waals surface area contributed by atoms with Crippen LogP contribution in [0.4, 0.5) is 22.0 Å². The Morgan fingerprint density at radius 1 is 1.17 bits per heavy atom. The molecule has 18 heavy (non-hydrogen) atoms. The molecule has 0 saturated carbocycles. The maximum atomic E-state index is 12.8. The molecule has 1 aromatic carbocycles. The van der Waals surface area contributed by atoms with Crippen LogP contribution < -0.4 is 10.5 Å². The average molecular weight is 290 g/mol. The molecule has 0 aliphatic rings. The van der Waals surface area contributed by atoms with Crippen LogP contribution in [0, 0.1) is 0 Å². The largest absolute Gasteiger partial charge is 0.482 e. The van der Waals surface area contributed by atoms with Crippen LogP contribution in [0.15, 0.2) is 18.2 Å². The highest BCUT2D eigenvalue weighted by molar-refractivity contribution is 6.30. The van der Waals surface area contributed by atoms with Gasteiger partial charge in [-0.1, -0.05) is 11.6 Å². The Morgan fingerprint density at radius 2 is 1.72 bits per heavy atom. The van der Waals surface area contributed by atoms with E-state index in [1.807, 2.05) is 0 Å². The molecular weight excluding hydrogens is 285 g/mol. The number of hydrogen-bond acceptors (Lipinski definition) is 2. The van der Waals surface area contributed by atoms with Crippen molar-refractivity contribution >= 4 is 17.5 Å². The maximum absolute atomic E-state index is 12.8. The first-order valence-corrected chi connectivity index (χ1v) is 4.64. The standard InChI is InChI=1S/C9H5ClF5NO2/c10-5-1-4(8(11,12)13)2-6(3-5)18-9(14,15)7(16)17/h1-3H,(H2,16,17). The van der Waals surface area contributed by atoms with Gasteiger partial charge in [-0.15, -0.1) is 0 Å². The van der Waals surface area contributed by atoms with Gasteiger partial charge in [-0.05, 0) is 18.2 Å². The van der Waals surface area contributed by atoms with E-state index in [1.165, 1.54) is 0 Å². The molecule has 0 fully saturated rings. The molecule has 0 aliphatic heterocycles. The van der Waals surface area contributed by atoms with Crippen LogP contribution in [-0.2, 0) is 11.0 Å². The second kappa shape index (κ2) is 4.60. The molecule has 9 heteroatoms. The van der Waals surface area contributed by atoms with Crippen LogP contribution in [0.25, 0.3) is 0 Å². The third-order valence-electron chi connectivity index (χ3n) is 1.73. The number of nitrogens with two attached hydrogens (primary N) is 1. The fourth-order valence-corrected chi connectivity index (χ4v) is 1.21. The van der Waals surface area contributed by atoms with Gasteiger partial charge in [0.15, 0.2) is 0 Å². The molecule has 0 radical (unpaired) electrons. The van der Waals surface area contributed by atoms with Crippen molar-refractivity contribution in [3.63, 3.8) is 0 Å². The number of halogens is 6. The Kier molecular flexibility index (Phi) is 3.70. The molecule has 0 atom stereocenters. The molecule has 0 aromatic heterocycles. The van der Waals surface area contributed by atoms with Gasteiger partial charge in [-0.2, -0.15) is 22.0 Å². The summed E-state index contributed by atoms with van der Waals surface area (Å²) in [5.74, 6) is -3.05. The van der Waals surface area contributed by atoms with Gasteiger partial charge in [-0.3, -0.25) is 4.79 Å². The summed E-state index contributed by atoms with van der Waals surface area (Å²) in [6.07, 6.45) is -9.21. The van der Waals surface area contributed by atoms with Gasteiger partial charge < -0.3 is 10.5 Å². The summed E-state index contributed by atoms with van der Waals surface area (Å²) in [4.78, 5) is 10.3. The molecule has 100 valence electrons. The Morgan fingerprint density at radius 3 is 2.17 bits per heavy atom. The number of rotatable bonds is 3. The van der Waals surface area contributed by atoms with Crippen LogP contribution in [0.2, 0.25) is 5.02 Å². The van der Waals surface area contributed by atoms with Crippen molar-refractivity contribution < 1.29 is 31.5 Å². The number of amides is 1. The van der Waals surface area contributed by atoms with Gasteiger partial charge in [0, 0.05) is 5.02 Å². The molecule has 0 heterocycles. The minimum atomic E-state index is -4.79. The second-order valence-corrected chi connectivity index (χ2v) is 3.59. The fraction of sp³-hybridized carbons (Fsp3) is 0.222. The van der Waals surface area contributed by atoms with Crippen LogP contribution in [0.1, 0.15) is 5.56 Å². The fourth-order valence-electron chi connectivity index (χ4n) is 0.984. The van der Waals surface area contributed by atoms with Crippen molar-refractivity contribution in [2.24, 2.45) is 5.73 Å². The first kappa shape index (κ1) is 14.5. The molecule has 0 unspecified atom stereocenters. The molecule has 1 aromatic rings. The average Bonchev–Trinajstić information content (AvgIpc) is 2.13. The van der Waals surface area contributed by atoms with Crippen molar-refractivity contribution in [3.8, 4) is 5.75 Å². The predicted octanol–water partition coefficient (Wildman–Crippen LogP) is 2.82. The van der Waals surface area contributed by atoms with E-state index in [1.54, 1.807) is 0 Å². The molecular formula is C9H5ClF5NO2. The summed E-state index contributed by atoms with van der Waals surface area (Å²) in [7, 11) is 0. The number of ether oxygens (including phenoxy) is 1. The first-order valence-electron chi connectivity index (χ1n) is 4.27. The highest BCUT2D eigenvalue weighted by atomic mass is 35.5. The van der Waals surface area contributed by atoms with Crippen molar-refractivity contribution in [2.45, 2.75) is 12.3 Å². The van der Waals surface area contributed by atoms with E-state index in [0.717, 1.165) is 0 Å². The van der Waals surface area contributed by atoms with Gasteiger partial charge in [0.1, 0.15) is 5.75 Å². The van der Waals surface area contributed by atoms with Crippen molar-refractivity contribution in [1.29, 1.82) is 0 Å². The third kappa shape index (κ3) is 3.46. The van der Waals surface area contributed by atoms with Crippen LogP contribution >= 0.6 is 11.6 Å². The molecule has 3 nitrogen and oxygen atoms in total. The van der Waals surface area contributed by atoms with Gasteiger partial charge in [0.2, 0.25) is 0 Å². The molecule has 0 saturated heterocycles. The van der Waals surface area contributed by atoms with E-state index in [-0.39, 0.29) is 6.07 Å². The SMILES string of the molecule is NC(=O)C(F)(F)Oc1cc(Cl)cc(C(F)(F)F)c1. The number of carbonyl (C=O) groups is 1. The lowest BCUT2D eigenvalue weighted by atomic mass is 10.2. The van der Waals surface area contributed by atoms with E-state index < -0.39 is 34.5 Å². The Bertz CT molecular complexity index is 475. The van der Waals surface area contributed by atoms with Crippen molar-refractivity contribution in [2.75, 3.05) is 0 Å². The summed E-state index contributed by atoms with van der Waals surface area (Å²) >= 11 is 5.32. The van der Waals surface area contributed by atoms with Crippen molar-refractivity contribution in [3.05, 3.63) is 28.8 Å². The lowest BCUT2D eigenvalue weighted by Gasteiger charge is -2.16. The predicted molar refractivity (Wildman–Crippen MR) is 51.2 cm³/mol. The zero-order chi connectivity index (χ0) is 14.1. The Hall–Kier alpha value is -1.57. The lowest BCUT2D eigenvalue weighted by molar-refractivity contribution is -0.189. The monoisotopic (exact) mass is 289 g/mol. The van der Waals surface area contributed by atoms with Crippen molar-refractivity contribution in [1.82, 2.24) is 0 Å². The van der Waals surface area contributed by atoms with Gasteiger partial charge in [0.05, 0.1) is 5.56 Å². The van der Waals surface area contributed by atoms with E-state index in [0.29, 0.717) is 12.1 Å². The maximum Gasteiger partial charge on any atom is 0.482 e. The highest BCUT2D eigenvalue weighted by Gasteiger charge is 2.40. The van der Waals surface area contributed by atoms with Gasteiger partial charge >= 0.3 is 18.2 Å². The summed E-state index contributed by atoms with van der Waals surface area (Å²) < 4.78 is 66.4. The first-order chi connectivity index (χ1) is 8.02. The topological polar surface area (TPSA) is 52.3 Å². The van der Waals surface area contributed by atoms with E-state index >= 15 is 0 Å². The molecule has 2 N–H and O–H groups in total. The van der Waals surface area contributed by atoms with Crippen LogP contribution in [0.5, 0.6) is 5.75 Å². The molecule has 0 spiro atoms. The summed E-state index contributed by atoms with van der Waals surface area (Å²) in [5.41, 5.74) is 3.02. The highest BCUT2D eigenvalue weighted by Crippen LogP contribution is 2.35. The number of carbonyl (C=O) groups excluding carboxylic acids is 1. The molecule has 1 rings (SSSR count). The number of primary amides is 1. The summed E-state index contributed by atoms with van der Waals surface area (Å²) in [6.45, 7) is 0. The number of benzene rings is 1. The summed E-state index contributed by atoms with van der Waals surface area (Å²) in [5, 5.41) is -0.472. The molecule has 0 bridgehead atoms. The minimum Gasteiger partial charge on any atom is -0.425 e. The third-order valence-corrected chi connectivity index (χ3v) is 1.95. The minimum absolute atomic E-state index is 0.280. The molecule has 1 amide bonds. The van der Waals surface area contributed by atoms with E-state index in [2.05, 4.69) is 10.5 Å². The summed E-state index contributed by atoms with van der Waals surface area (Å²) in [6, 6.07) is 1.51. The second-order valence-electron chi connectivity index (χ2n) is 3.16. The number of hydrogen-bond donors (Lipinski definition) is 1. The Labute approximate surface area is 102 Å². The van der Waals surface area contributed by atoms with Gasteiger partial charge in [0.25, 0.3) is 0 Å². The molecule has 0 aliphatic carbocycles. The van der Waals surface area contributed by atoms with E-state index in [4.69, 9.17) is 11.6 Å². The smallest absolute Gasteiger partial charge is 0.425 e. The lowest BCUT2D eigenvalue weighted by Crippen LogP contribution is -2.40. The number of alkyl halides is 5. The van der Waals surface area contributed by atoms with Crippen LogP contribution in [-0.4, -0.2) is 12.0 Å². The zero-order valence-corrected chi connectivity index (χ0v) is 9.15. The van der Waals surface area contributed by atoms with Crippen LogP contribution in [0.3, 0.4) is 0 Å².